The molecule has 0 amide bonds. The Morgan fingerprint density at radius 1 is 1.20 bits per heavy atom. The minimum absolute atomic E-state index is 0.468. The first-order valence-corrected chi connectivity index (χ1v) is 5.47. The van der Waals surface area contributed by atoms with Crippen molar-refractivity contribution in [3.8, 4) is 0 Å². The van der Waals surface area contributed by atoms with Crippen LogP contribution in [0.15, 0.2) is 43.0 Å². The fraction of sp³-hybridized carbons (Fsp3) is 0.357. The van der Waals surface area contributed by atoms with Gasteiger partial charge in [-0.2, -0.15) is 0 Å². The van der Waals surface area contributed by atoms with Crippen LogP contribution in [0.2, 0.25) is 0 Å². The smallest absolute Gasteiger partial charge is 0.120 e. The summed E-state index contributed by atoms with van der Waals surface area (Å²) in [5.74, 6) is 0.468. The Kier molecular flexibility index (Phi) is 5.46. The van der Waals surface area contributed by atoms with Crippen LogP contribution in [0.3, 0.4) is 0 Å². The molecule has 0 aromatic heterocycles. The highest BCUT2D eigenvalue weighted by Gasteiger charge is 2.03. The summed E-state index contributed by atoms with van der Waals surface area (Å²) in [6, 6.07) is 10.4. The van der Waals surface area contributed by atoms with Gasteiger partial charge in [-0.15, -0.1) is 6.58 Å². The van der Waals surface area contributed by atoms with E-state index in [0.717, 1.165) is 25.5 Å². The lowest BCUT2D eigenvalue weighted by Gasteiger charge is -2.10. The molecular formula is C14H18O. The molecule has 0 heterocycles. The Bertz CT molecular complexity index is 289. The second kappa shape index (κ2) is 6.99. The van der Waals surface area contributed by atoms with Crippen molar-refractivity contribution in [2.24, 2.45) is 5.92 Å². The third-order valence-corrected chi connectivity index (χ3v) is 2.64. The van der Waals surface area contributed by atoms with E-state index in [1.807, 2.05) is 12.1 Å². The fourth-order valence-corrected chi connectivity index (χ4v) is 1.66. The third-order valence-electron chi connectivity index (χ3n) is 2.64. The lowest BCUT2D eigenvalue weighted by atomic mass is 9.95. The molecule has 1 heteroatoms. The number of hydrogen-bond donors (Lipinski definition) is 0. The molecule has 15 heavy (non-hydrogen) atoms. The van der Waals surface area contributed by atoms with Crippen LogP contribution in [0, 0.1) is 5.92 Å². The highest BCUT2D eigenvalue weighted by Crippen LogP contribution is 2.15. The Morgan fingerprint density at radius 3 is 2.53 bits per heavy atom. The zero-order valence-corrected chi connectivity index (χ0v) is 9.06. The van der Waals surface area contributed by atoms with Crippen molar-refractivity contribution in [2.45, 2.75) is 25.7 Å². The number of allylic oxidation sites excluding steroid dienone is 1. The highest BCUT2D eigenvalue weighted by molar-refractivity contribution is 5.49. The quantitative estimate of drug-likeness (QED) is 0.489. The predicted octanol–water partition coefficient (Wildman–Crippen LogP) is 3.40. The summed E-state index contributed by atoms with van der Waals surface area (Å²) in [5, 5.41) is 0. The van der Waals surface area contributed by atoms with Gasteiger partial charge in [0.2, 0.25) is 0 Å². The van der Waals surface area contributed by atoms with Crippen LogP contribution in [0.1, 0.15) is 24.8 Å². The predicted molar refractivity (Wildman–Crippen MR) is 63.7 cm³/mol. The lowest BCUT2D eigenvalue weighted by Crippen LogP contribution is -1.99. The van der Waals surface area contributed by atoms with Gasteiger partial charge < -0.3 is 4.79 Å². The Hall–Kier alpha value is -1.37. The van der Waals surface area contributed by atoms with Gasteiger partial charge in [0.25, 0.3) is 0 Å². The summed E-state index contributed by atoms with van der Waals surface area (Å²) < 4.78 is 0. The van der Waals surface area contributed by atoms with Crippen molar-refractivity contribution >= 4 is 6.29 Å². The number of aldehydes is 1. The van der Waals surface area contributed by atoms with Gasteiger partial charge in [0.1, 0.15) is 6.29 Å². The fourth-order valence-electron chi connectivity index (χ4n) is 1.66. The van der Waals surface area contributed by atoms with Crippen LogP contribution in [0.5, 0.6) is 0 Å². The van der Waals surface area contributed by atoms with Crippen LogP contribution in [-0.4, -0.2) is 6.29 Å². The lowest BCUT2D eigenvalue weighted by molar-refractivity contribution is -0.108. The standard InChI is InChI=1S/C14H18O/c1-2-13(9-6-12-15)10-11-14-7-4-3-5-8-14/h2-5,7-8,12-13H,1,6,9-11H2/t13-/m0/s1. The Morgan fingerprint density at radius 2 is 1.93 bits per heavy atom. The topological polar surface area (TPSA) is 17.1 Å². The molecule has 0 aliphatic rings. The van der Waals surface area contributed by atoms with Crippen LogP contribution >= 0.6 is 0 Å². The molecule has 1 aromatic carbocycles. The second-order valence-corrected chi connectivity index (χ2v) is 3.76. The zero-order chi connectivity index (χ0) is 10.9. The summed E-state index contributed by atoms with van der Waals surface area (Å²) in [7, 11) is 0. The van der Waals surface area contributed by atoms with E-state index in [9.17, 15) is 4.79 Å². The van der Waals surface area contributed by atoms with Crippen LogP contribution in [0.25, 0.3) is 0 Å². The van der Waals surface area contributed by atoms with Gasteiger partial charge in [-0.1, -0.05) is 36.4 Å². The van der Waals surface area contributed by atoms with E-state index in [2.05, 4.69) is 30.8 Å². The maximum Gasteiger partial charge on any atom is 0.120 e. The number of hydrogen-bond acceptors (Lipinski definition) is 1. The molecule has 1 nitrogen and oxygen atoms in total. The minimum atomic E-state index is 0.468. The van der Waals surface area contributed by atoms with Gasteiger partial charge in [-0.3, -0.25) is 0 Å². The van der Waals surface area contributed by atoms with Crippen molar-refractivity contribution in [3.05, 3.63) is 48.6 Å². The molecule has 1 atom stereocenters. The van der Waals surface area contributed by atoms with Gasteiger partial charge in [-0.25, -0.2) is 0 Å². The van der Waals surface area contributed by atoms with E-state index >= 15 is 0 Å². The first-order valence-electron chi connectivity index (χ1n) is 5.47. The maximum atomic E-state index is 10.3. The minimum Gasteiger partial charge on any atom is -0.303 e. The molecule has 1 aromatic rings. The highest BCUT2D eigenvalue weighted by atomic mass is 16.1. The third kappa shape index (κ3) is 4.59. The molecule has 0 saturated heterocycles. The van der Waals surface area contributed by atoms with Crippen molar-refractivity contribution in [1.29, 1.82) is 0 Å². The van der Waals surface area contributed by atoms with Gasteiger partial charge in [0.15, 0.2) is 0 Å². The molecule has 0 spiro atoms. The van der Waals surface area contributed by atoms with Crippen LogP contribution in [-0.2, 0) is 11.2 Å². The van der Waals surface area contributed by atoms with Gasteiger partial charge >= 0.3 is 0 Å². The van der Waals surface area contributed by atoms with E-state index in [-0.39, 0.29) is 0 Å². The largest absolute Gasteiger partial charge is 0.303 e. The molecule has 0 unspecified atom stereocenters. The molecule has 0 aliphatic carbocycles. The average Bonchev–Trinajstić information content (AvgIpc) is 2.31. The Balaban J connectivity index is 2.34. The van der Waals surface area contributed by atoms with Gasteiger partial charge in [-0.05, 0) is 30.7 Å². The van der Waals surface area contributed by atoms with E-state index in [4.69, 9.17) is 0 Å². The first kappa shape index (κ1) is 11.7. The van der Waals surface area contributed by atoms with Crippen molar-refractivity contribution in [2.75, 3.05) is 0 Å². The molecule has 0 bridgehead atoms. The van der Waals surface area contributed by atoms with Gasteiger partial charge in [0.05, 0.1) is 0 Å². The number of benzene rings is 1. The summed E-state index contributed by atoms with van der Waals surface area (Å²) in [6.45, 7) is 3.81. The molecule has 80 valence electrons. The average molecular weight is 202 g/mol. The molecule has 0 radical (unpaired) electrons. The normalized spacial score (nSPS) is 12.0. The molecule has 0 fully saturated rings. The summed E-state index contributed by atoms with van der Waals surface area (Å²) in [4.78, 5) is 10.3. The molecule has 0 aliphatic heterocycles. The summed E-state index contributed by atoms with van der Waals surface area (Å²) in [6.07, 6.45) is 6.68. The van der Waals surface area contributed by atoms with E-state index in [1.54, 1.807) is 0 Å². The van der Waals surface area contributed by atoms with Gasteiger partial charge in [0, 0.05) is 6.42 Å². The SMILES string of the molecule is C=C[C@@H](CCC=O)CCc1ccccc1. The number of rotatable bonds is 7. The van der Waals surface area contributed by atoms with E-state index < -0.39 is 0 Å². The van der Waals surface area contributed by atoms with Crippen LogP contribution < -0.4 is 0 Å². The summed E-state index contributed by atoms with van der Waals surface area (Å²) in [5.41, 5.74) is 1.36. The second-order valence-electron chi connectivity index (χ2n) is 3.76. The Labute approximate surface area is 91.8 Å². The molecule has 0 N–H and O–H groups in total. The number of carbonyl (C=O) groups excluding carboxylic acids is 1. The van der Waals surface area contributed by atoms with E-state index in [1.165, 1.54) is 5.56 Å². The molecule has 0 saturated carbocycles. The summed E-state index contributed by atoms with van der Waals surface area (Å²) >= 11 is 0. The first-order chi connectivity index (χ1) is 7.36. The van der Waals surface area contributed by atoms with Crippen molar-refractivity contribution in [1.82, 2.24) is 0 Å². The number of aryl methyl sites for hydroxylation is 1. The monoisotopic (exact) mass is 202 g/mol. The molecular weight excluding hydrogens is 184 g/mol. The maximum absolute atomic E-state index is 10.3. The van der Waals surface area contributed by atoms with Crippen molar-refractivity contribution in [3.63, 3.8) is 0 Å². The van der Waals surface area contributed by atoms with E-state index in [0.29, 0.717) is 12.3 Å². The number of carbonyl (C=O) groups is 1. The van der Waals surface area contributed by atoms with Crippen LogP contribution in [0.4, 0.5) is 0 Å². The zero-order valence-electron chi connectivity index (χ0n) is 9.06. The van der Waals surface area contributed by atoms with Crippen molar-refractivity contribution < 1.29 is 4.79 Å². The molecule has 1 rings (SSSR count).